The van der Waals surface area contributed by atoms with Crippen molar-refractivity contribution in [3.8, 4) is 11.4 Å². The number of amides is 1. The lowest BCUT2D eigenvalue weighted by Crippen LogP contribution is -2.26. The molecule has 1 N–H and O–H groups in total. The van der Waals surface area contributed by atoms with Crippen LogP contribution in [0.15, 0.2) is 53.5 Å². The number of nitrogens with zero attached hydrogens (tertiary/aromatic N) is 2. The van der Waals surface area contributed by atoms with Crippen LogP contribution in [0.2, 0.25) is 0 Å². The molecule has 34 heavy (non-hydrogen) atoms. The van der Waals surface area contributed by atoms with Gasteiger partial charge in [0.15, 0.2) is 0 Å². The highest BCUT2D eigenvalue weighted by atomic mass is 19.1. The molecule has 7 heteroatoms. The van der Waals surface area contributed by atoms with Gasteiger partial charge in [-0.3, -0.25) is 14.2 Å². The van der Waals surface area contributed by atoms with E-state index in [4.69, 9.17) is 4.74 Å². The number of aromatic nitrogens is 1. The Hall–Kier alpha value is -3.19. The van der Waals surface area contributed by atoms with Gasteiger partial charge in [-0.05, 0) is 73.9 Å². The molecule has 178 valence electrons. The second kappa shape index (κ2) is 9.58. The molecule has 5 rings (SSSR count). The van der Waals surface area contributed by atoms with E-state index in [9.17, 15) is 14.0 Å². The number of aryl methyl sites for hydroxylation is 1. The minimum Gasteiger partial charge on any atom is -0.494 e. The maximum absolute atomic E-state index is 13.4. The average molecular weight is 464 g/mol. The average Bonchev–Trinajstić information content (AvgIpc) is 3.55. The maximum atomic E-state index is 13.4. The van der Waals surface area contributed by atoms with Crippen molar-refractivity contribution in [1.82, 2.24) is 14.8 Å². The van der Waals surface area contributed by atoms with Gasteiger partial charge in [0.25, 0.3) is 11.5 Å². The van der Waals surface area contributed by atoms with Crippen LogP contribution in [-0.2, 0) is 0 Å². The van der Waals surface area contributed by atoms with Gasteiger partial charge in [-0.25, -0.2) is 4.39 Å². The minimum atomic E-state index is -0.708. The summed E-state index contributed by atoms with van der Waals surface area (Å²) >= 11 is 0. The standard InChI is InChI=1S/C27H30FN3O3/c1-18-3-4-20(26(32)29-22-6-7-22)15-25(18)31-13-9-19-5-8-23(16-24(19)27(31)33)34-14-2-11-30-12-10-21(28)17-30/h3-5,8-9,13,15-16,21-22H,2,6-7,10-12,14,17H2,1H3,(H,29,32). The first-order chi connectivity index (χ1) is 16.5. The predicted octanol–water partition coefficient (Wildman–Crippen LogP) is 4.00. The lowest BCUT2D eigenvalue weighted by atomic mass is 10.1. The summed E-state index contributed by atoms with van der Waals surface area (Å²) in [5.41, 5.74) is 2.00. The number of carbonyl (C=O) groups is 1. The van der Waals surface area contributed by atoms with Crippen molar-refractivity contribution in [3.63, 3.8) is 0 Å². The third kappa shape index (κ3) is 4.99. The molecule has 1 atom stereocenters. The summed E-state index contributed by atoms with van der Waals surface area (Å²) in [6, 6.07) is 13.2. The first-order valence-corrected chi connectivity index (χ1v) is 12.0. The third-order valence-electron chi connectivity index (χ3n) is 6.62. The summed E-state index contributed by atoms with van der Waals surface area (Å²) in [6.07, 6.45) is 4.51. The number of carbonyl (C=O) groups excluding carboxylic acids is 1. The van der Waals surface area contributed by atoms with Gasteiger partial charge in [0, 0.05) is 37.4 Å². The number of fused-ring (bicyclic) bond motifs is 1. The van der Waals surface area contributed by atoms with Crippen molar-refractivity contribution < 1.29 is 13.9 Å². The highest BCUT2D eigenvalue weighted by Gasteiger charge is 2.24. The Labute approximate surface area is 198 Å². The molecule has 1 saturated heterocycles. The molecule has 0 radical (unpaired) electrons. The topological polar surface area (TPSA) is 63.6 Å². The molecule has 1 saturated carbocycles. The van der Waals surface area contributed by atoms with Gasteiger partial charge < -0.3 is 15.0 Å². The summed E-state index contributed by atoms with van der Waals surface area (Å²) in [5, 5.41) is 4.40. The molecule has 0 bridgehead atoms. The number of pyridine rings is 1. The molecule has 1 aliphatic heterocycles. The van der Waals surface area contributed by atoms with Crippen molar-refractivity contribution in [3.05, 3.63) is 70.1 Å². The Morgan fingerprint density at radius 2 is 2.00 bits per heavy atom. The molecule has 0 spiro atoms. The van der Waals surface area contributed by atoms with Crippen LogP contribution < -0.4 is 15.6 Å². The van der Waals surface area contributed by atoms with Gasteiger partial charge in [-0.2, -0.15) is 0 Å². The van der Waals surface area contributed by atoms with Crippen LogP contribution in [0.4, 0.5) is 4.39 Å². The van der Waals surface area contributed by atoms with Crippen LogP contribution in [0.5, 0.6) is 5.75 Å². The van der Waals surface area contributed by atoms with Gasteiger partial charge in [0.05, 0.1) is 17.7 Å². The summed E-state index contributed by atoms with van der Waals surface area (Å²) in [5.74, 6) is 0.533. The monoisotopic (exact) mass is 463 g/mol. The Balaban J connectivity index is 1.34. The van der Waals surface area contributed by atoms with Crippen LogP contribution in [0.25, 0.3) is 16.5 Å². The zero-order chi connectivity index (χ0) is 23.7. The number of halogens is 1. The van der Waals surface area contributed by atoms with Crippen molar-refractivity contribution in [1.29, 1.82) is 0 Å². The third-order valence-corrected chi connectivity index (χ3v) is 6.62. The van der Waals surface area contributed by atoms with Gasteiger partial charge in [0.2, 0.25) is 0 Å². The first-order valence-electron chi connectivity index (χ1n) is 12.0. The molecule has 1 amide bonds. The minimum absolute atomic E-state index is 0.107. The molecule has 2 heterocycles. The van der Waals surface area contributed by atoms with E-state index in [1.54, 1.807) is 29.0 Å². The van der Waals surface area contributed by atoms with Crippen LogP contribution in [0.1, 0.15) is 41.6 Å². The smallest absolute Gasteiger partial charge is 0.263 e. The molecule has 2 fully saturated rings. The maximum Gasteiger partial charge on any atom is 0.263 e. The number of likely N-dealkylation sites (tertiary alicyclic amines) is 1. The second-order valence-corrected chi connectivity index (χ2v) is 9.38. The van der Waals surface area contributed by atoms with Gasteiger partial charge in [-0.15, -0.1) is 0 Å². The lowest BCUT2D eigenvalue weighted by Gasteiger charge is -2.15. The van der Waals surface area contributed by atoms with Crippen LogP contribution in [0, 0.1) is 6.92 Å². The van der Waals surface area contributed by atoms with E-state index in [1.165, 1.54) is 0 Å². The van der Waals surface area contributed by atoms with Crippen molar-refractivity contribution in [2.24, 2.45) is 0 Å². The highest BCUT2D eigenvalue weighted by Crippen LogP contribution is 2.23. The van der Waals surface area contributed by atoms with Gasteiger partial charge in [-0.1, -0.05) is 12.1 Å². The number of hydrogen-bond acceptors (Lipinski definition) is 4. The van der Waals surface area contributed by atoms with E-state index in [0.717, 1.165) is 43.3 Å². The molecular weight excluding hydrogens is 433 g/mol. The molecule has 6 nitrogen and oxygen atoms in total. The van der Waals surface area contributed by atoms with E-state index >= 15 is 0 Å². The molecule has 1 unspecified atom stereocenters. The highest BCUT2D eigenvalue weighted by molar-refractivity contribution is 5.95. The summed E-state index contributed by atoms with van der Waals surface area (Å²) in [4.78, 5) is 28.0. The lowest BCUT2D eigenvalue weighted by molar-refractivity contribution is 0.0951. The number of rotatable bonds is 8. The van der Waals surface area contributed by atoms with Crippen LogP contribution in [0.3, 0.4) is 0 Å². The molecule has 1 aliphatic carbocycles. The quantitative estimate of drug-likeness (QED) is 0.513. The summed E-state index contributed by atoms with van der Waals surface area (Å²) in [7, 11) is 0. The van der Waals surface area contributed by atoms with E-state index in [2.05, 4.69) is 10.2 Å². The first kappa shape index (κ1) is 22.6. The van der Waals surface area contributed by atoms with Gasteiger partial charge in [0.1, 0.15) is 11.9 Å². The zero-order valence-electron chi connectivity index (χ0n) is 19.4. The number of alkyl halides is 1. The summed E-state index contributed by atoms with van der Waals surface area (Å²) in [6.45, 7) is 4.57. The van der Waals surface area contributed by atoms with E-state index in [0.29, 0.717) is 42.0 Å². The fourth-order valence-electron chi connectivity index (χ4n) is 4.47. The van der Waals surface area contributed by atoms with E-state index in [1.807, 2.05) is 31.2 Å². The van der Waals surface area contributed by atoms with Gasteiger partial charge >= 0.3 is 0 Å². The fraction of sp³-hybridized carbons (Fsp3) is 0.407. The Morgan fingerprint density at radius 1 is 1.15 bits per heavy atom. The molecule has 2 aliphatic rings. The number of ether oxygens (including phenoxy) is 1. The predicted molar refractivity (Wildman–Crippen MR) is 131 cm³/mol. The second-order valence-electron chi connectivity index (χ2n) is 9.38. The Bertz CT molecular complexity index is 1270. The number of hydrogen-bond donors (Lipinski definition) is 1. The normalized spacial score (nSPS) is 18.4. The van der Waals surface area contributed by atoms with Crippen molar-refractivity contribution >= 4 is 16.7 Å². The fourth-order valence-corrected chi connectivity index (χ4v) is 4.47. The molecule has 1 aromatic heterocycles. The van der Waals surface area contributed by atoms with Crippen LogP contribution >= 0.6 is 0 Å². The van der Waals surface area contributed by atoms with E-state index < -0.39 is 6.17 Å². The largest absolute Gasteiger partial charge is 0.494 e. The molecular formula is C27H30FN3O3. The SMILES string of the molecule is Cc1ccc(C(=O)NC2CC2)cc1-n1ccc2ccc(OCCCN3CCC(F)C3)cc2c1=O. The molecule has 2 aromatic carbocycles. The molecule has 3 aromatic rings. The summed E-state index contributed by atoms with van der Waals surface area (Å²) < 4.78 is 20.8. The van der Waals surface area contributed by atoms with Crippen molar-refractivity contribution in [2.45, 2.75) is 44.8 Å². The number of benzene rings is 2. The van der Waals surface area contributed by atoms with Crippen molar-refractivity contribution in [2.75, 3.05) is 26.2 Å². The van der Waals surface area contributed by atoms with Crippen LogP contribution in [-0.4, -0.2) is 53.8 Å². The number of nitrogens with one attached hydrogen (secondary N) is 1. The van der Waals surface area contributed by atoms with E-state index in [-0.39, 0.29) is 17.5 Å². The zero-order valence-corrected chi connectivity index (χ0v) is 19.4. The Kier molecular flexibility index (Phi) is 6.37. The Morgan fingerprint density at radius 3 is 2.76 bits per heavy atom.